The molecule has 1 aromatic rings. The van der Waals surface area contributed by atoms with Gasteiger partial charge in [0.25, 0.3) is 0 Å². The highest BCUT2D eigenvalue weighted by atomic mass is 35.5. The second-order valence-electron chi connectivity index (χ2n) is 6.09. The van der Waals surface area contributed by atoms with E-state index in [1.807, 2.05) is 0 Å². The van der Waals surface area contributed by atoms with Crippen LogP contribution in [0.4, 0.5) is 0 Å². The lowest BCUT2D eigenvalue weighted by molar-refractivity contribution is 0.153. The number of benzene rings is 1. The van der Waals surface area contributed by atoms with Crippen LogP contribution in [0.5, 0.6) is 11.5 Å². The molecule has 1 saturated heterocycles. The number of nitrogens with one attached hydrogen (secondary N) is 1. The predicted molar refractivity (Wildman–Crippen MR) is 98.1 cm³/mol. The summed E-state index contributed by atoms with van der Waals surface area (Å²) in [5, 5.41) is 3.46. The highest BCUT2D eigenvalue weighted by Gasteiger charge is 2.21. The molecule has 1 heterocycles. The van der Waals surface area contributed by atoms with Gasteiger partial charge in [-0.2, -0.15) is 0 Å². The van der Waals surface area contributed by atoms with Gasteiger partial charge in [-0.25, -0.2) is 0 Å². The molecule has 0 saturated carbocycles. The molecule has 132 valence electrons. The van der Waals surface area contributed by atoms with E-state index < -0.39 is 0 Å². The average molecular weight is 343 g/mol. The van der Waals surface area contributed by atoms with Crippen molar-refractivity contribution in [1.82, 2.24) is 10.2 Å². The van der Waals surface area contributed by atoms with Crippen LogP contribution < -0.4 is 14.8 Å². The van der Waals surface area contributed by atoms with Gasteiger partial charge in [-0.05, 0) is 69.1 Å². The van der Waals surface area contributed by atoms with Gasteiger partial charge < -0.3 is 14.8 Å². The van der Waals surface area contributed by atoms with Gasteiger partial charge in [-0.1, -0.05) is 6.92 Å². The number of rotatable bonds is 7. The van der Waals surface area contributed by atoms with Crippen LogP contribution >= 0.6 is 12.4 Å². The minimum Gasteiger partial charge on any atom is -0.493 e. The lowest BCUT2D eigenvalue weighted by Gasteiger charge is -2.35. The largest absolute Gasteiger partial charge is 0.493 e. The standard InChI is InChI=1S/C18H30N2O2.ClH/c1-5-10-20(16-6-8-19-9-7-16)13-15-12-18(22-4)17(21-3)11-14(15)2;/h11-12,16,19H,5-10,13H2,1-4H3;1H. The highest BCUT2D eigenvalue weighted by molar-refractivity contribution is 5.85. The molecule has 1 aliphatic rings. The van der Waals surface area contributed by atoms with Crippen molar-refractivity contribution >= 4 is 12.4 Å². The summed E-state index contributed by atoms with van der Waals surface area (Å²) in [6, 6.07) is 4.91. The molecule has 0 aliphatic carbocycles. The monoisotopic (exact) mass is 342 g/mol. The third-order valence-corrected chi connectivity index (χ3v) is 4.55. The zero-order chi connectivity index (χ0) is 15.9. The number of piperidine rings is 1. The molecule has 0 radical (unpaired) electrons. The Morgan fingerprint density at radius 1 is 1.13 bits per heavy atom. The fraction of sp³-hybridized carbons (Fsp3) is 0.667. The molecule has 1 fully saturated rings. The number of hydrogen-bond donors (Lipinski definition) is 1. The summed E-state index contributed by atoms with van der Waals surface area (Å²) in [4.78, 5) is 2.63. The first kappa shape index (κ1) is 20.1. The summed E-state index contributed by atoms with van der Waals surface area (Å²) in [6.07, 6.45) is 3.68. The summed E-state index contributed by atoms with van der Waals surface area (Å²) >= 11 is 0. The molecule has 0 bridgehead atoms. The third kappa shape index (κ3) is 5.27. The Morgan fingerprint density at radius 3 is 2.30 bits per heavy atom. The van der Waals surface area contributed by atoms with Gasteiger partial charge in [0.05, 0.1) is 14.2 Å². The van der Waals surface area contributed by atoms with Crippen LogP contribution in [0.2, 0.25) is 0 Å². The number of hydrogen-bond acceptors (Lipinski definition) is 4. The first-order valence-corrected chi connectivity index (χ1v) is 8.35. The van der Waals surface area contributed by atoms with E-state index in [2.05, 4.69) is 36.2 Å². The van der Waals surface area contributed by atoms with Crippen molar-refractivity contribution in [3.8, 4) is 11.5 Å². The second-order valence-corrected chi connectivity index (χ2v) is 6.09. The first-order valence-electron chi connectivity index (χ1n) is 8.35. The van der Waals surface area contributed by atoms with Crippen molar-refractivity contribution in [1.29, 1.82) is 0 Å². The lowest BCUT2D eigenvalue weighted by atomic mass is 10.0. The Balaban J connectivity index is 0.00000264. The number of ether oxygens (including phenoxy) is 2. The molecule has 0 amide bonds. The van der Waals surface area contributed by atoms with Gasteiger partial charge in [0.15, 0.2) is 11.5 Å². The van der Waals surface area contributed by atoms with Crippen molar-refractivity contribution < 1.29 is 9.47 Å². The molecule has 0 spiro atoms. The molecule has 0 atom stereocenters. The van der Waals surface area contributed by atoms with Crippen molar-refractivity contribution in [2.45, 2.75) is 45.7 Å². The molecule has 0 aromatic heterocycles. The summed E-state index contributed by atoms with van der Waals surface area (Å²) in [5.74, 6) is 1.64. The third-order valence-electron chi connectivity index (χ3n) is 4.55. The molecule has 1 aromatic carbocycles. The first-order chi connectivity index (χ1) is 10.7. The maximum Gasteiger partial charge on any atom is 0.161 e. The zero-order valence-corrected chi connectivity index (χ0v) is 15.7. The molecular weight excluding hydrogens is 312 g/mol. The van der Waals surface area contributed by atoms with Crippen molar-refractivity contribution in [2.24, 2.45) is 0 Å². The summed E-state index contributed by atoms with van der Waals surface area (Å²) in [7, 11) is 3.39. The minimum absolute atomic E-state index is 0. The van der Waals surface area contributed by atoms with E-state index in [4.69, 9.17) is 9.47 Å². The number of halogens is 1. The molecule has 1 aliphatic heterocycles. The number of methoxy groups -OCH3 is 2. The van der Waals surface area contributed by atoms with Crippen LogP contribution in [0.3, 0.4) is 0 Å². The highest BCUT2D eigenvalue weighted by Crippen LogP contribution is 2.31. The predicted octanol–water partition coefficient (Wildman–Crippen LogP) is 3.40. The number of nitrogens with zero attached hydrogens (tertiary/aromatic N) is 1. The van der Waals surface area contributed by atoms with Crippen LogP contribution in [0.1, 0.15) is 37.3 Å². The Morgan fingerprint density at radius 2 is 1.74 bits per heavy atom. The van der Waals surface area contributed by atoms with Crippen LogP contribution in [0.25, 0.3) is 0 Å². The van der Waals surface area contributed by atoms with Crippen molar-refractivity contribution in [3.63, 3.8) is 0 Å². The SMILES string of the molecule is CCCN(Cc1cc(OC)c(OC)cc1C)C1CCNCC1.Cl. The minimum atomic E-state index is 0. The lowest BCUT2D eigenvalue weighted by Crippen LogP contribution is -2.43. The van der Waals surface area contributed by atoms with Crippen molar-refractivity contribution in [3.05, 3.63) is 23.3 Å². The molecular formula is C18H31ClN2O2. The van der Waals surface area contributed by atoms with Gasteiger partial charge in [0, 0.05) is 12.6 Å². The maximum absolute atomic E-state index is 5.47. The fourth-order valence-electron chi connectivity index (χ4n) is 3.26. The summed E-state index contributed by atoms with van der Waals surface area (Å²) < 4.78 is 10.9. The van der Waals surface area contributed by atoms with E-state index in [1.54, 1.807) is 14.2 Å². The van der Waals surface area contributed by atoms with Crippen LogP contribution in [-0.2, 0) is 6.54 Å². The Hall–Kier alpha value is -0.970. The van der Waals surface area contributed by atoms with Gasteiger partial charge in [0.1, 0.15) is 0 Å². The van der Waals surface area contributed by atoms with E-state index in [0.717, 1.165) is 37.7 Å². The Labute approximate surface area is 146 Å². The number of aryl methyl sites for hydroxylation is 1. The van der Waals surface area contributed by atoms with Crippen LogP contribution in [0, 0.1) is 6.92 Å². The van der Waals surface area contributed by atoms with Crippen molar-refractivity contribution in [2.75, 3.05) is 33.9 Å². The van der Waals surface area contributed by atoms with Gasteiger partial charge >= 0.3 is 0 Å². The summed E-state index contributed by atoms with van der Waals surface area (Å²) in [6.45, 7) is 8.83. The van der Waals surface area contributed by atoms with E-state index in [9.17, 15) is 0 Å². The average Bonchev–Trinajstić information content (AvgIpc) is 2.56. The van der Waals surface area contributed by atoms with E-state index in [1.165, 1.54) is 30.4 Å². The molecule has 4 nitrogen and oxygen atoms in total. The topological polar surface area (TPSA) is 33.7 Å². The smallest absolute Gasteiger partial charge is 0.161 e. The van der Waals surface area contributed by atoms with Crippen LogP contribution in [0.15, 0.2) is 12.1 Å². The fourth-order valence-corrected chi connectivity index (χ4v) is 3.26. The maximum atomic E-state index is 5.47. The van der Waals surface area contributed by atoms with E-state index >= 15 is 0 Å². The molecule has 5 heteroatoms. The van der Waals surface area contributed by atoms with Gasteiger partial charge in [-0.15, -0.1) is 12.4 Å². The normalized spacial score (nSPS) is 15.3. The van der Waals surface area contributed by atoms with E-state index in [0.29, 0.717) is 6.04 Å². The quantitative estimate of drug-likeness (QED) is 0.823. The van der Waals surface area contributed by atoms with E-state index in [-0.39, 0.29) is 12.4 Å². The van der Waals surface area contributed by atoms with Gasteiger partial charge in [-0.3, -0.25) is 4.90 Å². The zero-order valence-electron chi connectivity index (χ0n) is 14.9. The molecule has 0 unspecified atom stereocenters. The molecule has 23 heavy (non-hydrogen) atoms. The second kappa shape index (κ2) is 10.0. The summed E-state index contributed by atoms with van der Waals surface area (Å²) in [5.41, 5.74) is 2.61. The Kier molecular flexibility index (Phi) is 8.74. The van der Waals surface area contributed by atoms with Crippen LogP contribution in [-0.4, -0.2) is 44.8 Å². The molecule has 2 rings (SSSR count). The molecule has 1 N–H and O–H groups in total. The van der Waals surface area contributed by atoms with Gasteiger partial charge in [0.2, 0.25) is 0 Å². The Bertz CT molecular complexity index is 476.